The zero-order chi connectivity index (χ0) is 40.3. The van der Waals surface area contributed by atoms with Crippen molar-refractivity contribution in [2.75, 3.05) is 0 Å². The first-order valence-electron chi connectivity index (χ1n) is 20.9. The van der Waals surface area contributed by atoms with E-state index < -0.39 is 5.41 Å². The van der Waals surface area contributed by atoms with E-state index >= 15 is 0 Å². The van der Waals surface area contributed by atoms with Gasteiger partial charge in [-0.25, -0.2) is 15.0 Å². The van der Waals surface area contributed by atoms with Crippen molar-refractivity contribution in [3.05, 3.63) is 247 Å². The Labute approximate surface area is 354 Å². The Balaban J connectivity index is 1.15. The second-order valence-corrected chi connectivity index (χ2v) is 15.8. The van der Waals surface area contributed by atoms with E-state index in [1.54, 1.807) is 0 Å². The highest BCUT2D eigenvalue weighted by molar-refractivity contribution is 6.21. The Bertz CT molecular complexity index is 3430. The van der Waals surface area contributed by atoms with Crippen LogP contribution in [0.25, 0.3) is 88.7 Å². The third-order valence-corrected chi connectivity index (χ3v) is 12.6. The highest BCUT2D eigenvalue weighted by atomic mass is 15.0. The molecular formula is C58H37N3. The Morgan fingerprint density at radius 2 is 0.803 bits per heavy atom. The molecule has 0 atom stereocenters. The summed E-state index contributed by atoms with van der Waals surface area (Å²) >= 11 is 0. The number of benzene rings is 10. The van der Waals surface area contributed by atoms with Gasteiger partial charge in [-0.2, -0.15) is 0 Å². The summed E-state index contributed by atoms with van der Waals surface area (Å²) in [7, 11) is 0. The predicted molar refractivity (Wildman–Crippen MR) is 251 cm³/mol. The van der Waals surface area contributed by atoms with Gasteiger partial charge >= 0.3 is 0 Å². The van der Waals surface area contributed by atoms with Crippen LogP contribution in [0.3, 0.4) is 0 Å². The monoisotopic (exact) mass is 775 g/mol. The van der Waals surface area contributed by atoms with Gasteiger partial charge in [-0.1, -0.05) is 218 Å². The number of rotatable bonds is 6. The zero-order valence-electron chi connectivity index (χ0n) is 33.2. The van der Waals surface area contributed by atoms with Crippen molar-refractivity contribution in [2.24, 2.45) is 0 Å². The second-order valence-electron chi connectivity index (χ2n) is 15.8. The van der Waals surface area contributed by atoms with E-state index in [-0.39, 0.29) is 0 Å². The number of hydrogen-bond donors (Lipinski definition) is 0. The molecule has 0 spiro atoms. The topological polar surface area (TPSA) is 38.7 Å². The smallest absolute Gasteiger partial charge is 0.164 e. The summed E-state index contributed by atoms with van der Waals surface area (Å²) in [6.07, 6.45) is 0. The fourth-order valence-electron chi connectivity index (χ4n) is 10.0. The van der Waals surface area contributed by atoms with Gasteiger partial charge in [0, 0.05) is 16.7 Å². The molecule has 0 saturated carbocycles. The molecule has 1 aliphatic carbocycles. The van der Waals surface area contributed by atoms with Gasteiger partial charge in [0.05, 0.1) is 5.41 Å². The quantitative estimate of drug-likeness (QED) is 0.125. The molecule has 11 aromatic rings. The van der Waals surface area contributed by atoms with Crippen molar-refractivity contribution in [3.8, 4) is 56.4 Å². The first-order chi connectivity index (χ1) is 30.3. The SMILES string of the molecule is c1ccc(-c2nc(-c3ccccc3-c3c4ccccc4cc4c3ccc3ccccc34)nc(-c3cccc4c3-c3ccccc3C4(c3ccccc3)c3ccccc3)n2)cc1. The van der Waals surface area contributed by atoms with Crippen molar-refractivity contribution < 1.29 is 0 Å². The molecule has 12 rings (SSSR count). The van der Waals surface area contributed by atoms with Gasteiger partial charge in [-0.05, 0) is 82.9 Å². The van der Waals surface area contributed by atoms with Crippen LogP contribution in [-0.4, -0.2) is 15.0 Å². The highest BCUT2D eigenvalue weighted by Gasteiger charge is 2.47. The maximum atomic E-state index is 5.52. The fraction of sp³-hybridized carbons (Fsp3) is 0.0172. The highest BCUT2D eigenvalue weighted by Crippen LogP contribution is 2.58. The number of fused-ring (bicyclic) bond motifs is 7. The van der Waals surface area contributed by atoms with Crippen molar-refractivity contribution in [1.82, 2.24) is 15.0 Å². The van der Waals surface area contributed by atoms with E-state index in [4.69, 9.17) is 15.0 Å². The van der Waals surface area contributed by atoms with Gasteiger partial charge in [0.1, 0.15) is 0 Å². The summed E-state index contributed by atoms with van der Waals surface area (Å²) in [6.45, 7) is 0. The lowest BCUT2D eigenvalue weighted by molar-refractivity contribution is 0.768. The molecule has 0 unspecified atom stereocenters. The molecule has 0 amide bonds. The largest absolute Gasteiger partial charge is 0.208 e. The van der Waals surface area contributed by atoms with E-state index in [1.165, 1.54) is 65.7 Å². The van der Waals surface area contributed by atoms with Crippen molar-refractivity contribution in [1.29, 1.82) is 0 Å². The molecular weight excluding hydrogens is 739 g/mol. The summed E-state index contributed by atoms with van der Waals surface area (Å²) in [6, 6.07) is 80.5. The predicted octanol–water partition coefficient (Wildman–Crippen LogP) is 14.4. The average molecular weight is 776 g/mol. The van der Waals surface area contributed by atoms with Gasteiger partial charge in [0.2, 0.25) is 0 Å². The summed E-state index contributed by atoms with van der Waals surface area (Å²) in [5.41, 5.74) is 11.8. The lowest BCUT2D eigenvalue weighted by Crippen LogP contribution is -2.28. The molecule has 0 N–H and O–H groups in total. The third kappa shape index (κ3) is 5.41. The van der Waals surface area contributed by atoms with E-state index in [1.807, 2.05) is 18.2 Å². The molecule has 61 heavy (non-hydrogen) atoms. The van der Waals surface area contributed by atoms with Crippen molar-refractivity contribution >= 4 is 32.3 Å². The van der Waals surface area contributed by atoms with E-state index in [2.05, 4.69) is 206 Å². The van der Waals surface area contributed by atoms with E-state index in [0.717, 1.165) is 27.8 Å². The number of hydrogen-bond acceptors (Lipinski definition) is 3. The van der Waals surface area contributed by atoms with Crippen LogP contribution >= 0.6 is 0 Å². The van der Waals surface area contributed by atoms with Crippen LogP contribution in [0, 0.1) is 0 Å². The van der Waals surface area contributed by atoms with Gasteiger partial charge in [-0.15, -0.1) is 0 Å². The van der Waals surface area contributed by atoms with Crippen LogP contribution < -0.4 is 0 Å². The Kier molecular flexibility index (Phi) is 8.07. The lowest BCUT2D eigenvalue weighted by Gasteiger charge is -2.33. The number of aromatic nitrogens is 3. The molecule has 3 heteroatoms. The minimum Gasteiger partial charge on any atom is -0.208 e. The molecule has 0 saturated heterocycles. The summed E-state index contributed by atoms with van der Waals surface area (Å²) in [5.74, 6) is 1.89. The standard InChI is InChI=1S/C58H37N3/c1-4-20-39(21-5-1)55-59-56(47-30-15-14-29-45(47)53-44-28-13-11-22-40(44)37-50-43-27-12-10-19-38(43)35-36-46(50)53)61-57(60-55)49-32-18-34-52-54(49)48-31-16-17-33-51(48)58(52,41-23-6-2-7-24-41)42-25-8-3-9-26-42/h1-37H. The molecule has 1 aliphatic rings. The van der Waals surface area contributed by atoms with Gasteiger partial charge in [0.15, 0.2) is 17.5 Å². The van der Waals surface area contributed by atoms with Crippen LogP contribution in [0.5, 0.6) is 0 Å². The fourth-order valence-corrected chi connectivity index (χ4v) is 10.0. The maximum Gasteiger partial charge on any atom is 0.164 e. The minimum absolute atomic E-state index is 0.547. The first kappa shape index (κ1) is 35.0. The van der Waals surface area contributed by atoms with Gasteiger partial charge in [0.25, 0.3) is 0 Å². The Hall–Kier alpha value is -8.01. The molecule has 1 heterocycles. The van der Waals surface area contributed by atoms with Crippen molar-refractivity contribution in [2.45, 2.75) is 5.41 Å². The van der Waals surface area contributed by atoms with Gasteiger partial charge < -0.3 is 0 Å². The Morgan fingerprint density at radius 1 is 0.279 bits per heavy atom. The third-order valence-electron chi connectivity index (χ3n) is 12.6. The molecule has 10 aromatic carbocycles. The average Bonchev–Trinajstić information content (AvgIpc) is 3.65. The van der Waals surface area contributed by atoms with Crippen LogP contribution in [0.4, 0.5) is 0 Å². The lowest BCUT2D eigenvalue weighted by atomic mass is 9.67. The Morgan fingerprint density at radius 3 is 1.54 bits per heavy atom. The molecule has 284 valence electrons. The van der Waals surface area contributed by atoms with Crippen molar-refractivity contribution in [3.63, 3.8) is 0 Å². The number of nitrogens with zero attached hydrogens (tertiary/aromatic N) is 3. The maximum absolute atomic E-state index is 5.52. The minimum atomic E-state index is -0.547. The first-order valence-corrected chi connectivity index (χ1v) is 20.9. The molecule has 1 aromatic heterocycles. The molecule has 0 bridgehead atoms. The molecule has 0 fully saturated rings. The van der Waals surface area contributed by atoms with Crippen LogP contribution in [0.1, 0.15) is 22.3 Å². The summed E-state index contributed by atoms with van der Waals surface area (Å²) < 4.78 is 0. The summed E-state index contributed by atoms with van der Waals surface area (Å²) in [5, 5.41) is 7.25. The van der Waals surface area contributed by atoms with Gasteiger partial charge in [-0.3, -0.25) is 0 Å². The van der Waals surface area contributed by atoms with E-state index in [0.29, 0.717) is 17.5 Å². The van der Waals surface area contributed by atoms with Crippen LogP contribution in [-0.2, 0) is 5.41 Å². The normalized spacial score (nSPS) is 12.7. The molecule has 0 aliphatic heterocycles. The molecule has 0 radical (unpaired) electrons. The van der Waals surface area contributed by atoms with Crippen LogP contribution in [0.15, 0.2) is 224 Å². The van der Waals surface area contributed by atoms with Crippen LogP contribution in [0.2, 0.25) is 0 Å². The summed E-state index contributed by atoms with van der Waals surface area (Å²) in [4.78, 5) is 16.2. The molecule has 3 nitrogen and oxygen atoms in total. The zero-order valence-corrected chi connectivity index (χ0v) is 33.2. The van der Waals surface area contributed by atoms with E-state index in [9.17, 15) is 0 Å². The second kappa shape index (κ2) is 14.1.